The average molecular weight is 408 g/mol. The van der Waals surface area contributed by atoms with Crippen LogP contribution in [0.4, 0.5) is 0 Å². The molecule has 27 heavy (non-hydrogen) atoms. The molecule has 2 aromatic rings. The fraction of sp³-hybridized carbons (Fsp3) is 0.368. The molecule has 0 amide bonds. The summed E-state index contributed by atoms with van der Waals surface area (Å²) >= 11 is 12.9. The maximum absolute atomic E-state index is 6.99. The zero-order valence-electron chi connectivity index (χ0n) is 14.7. The molecule has 3 atom stereocenters. The normalized spacial score (nSPS) is 30.3. The van der Waals surface area contributed by atoms with Gasteiger partial charge < -0.3 is 14.2 Å². The standard InChI is InChI=1S/C19H19Cl2N3O3/c1-14-10-25-19(27-14,11-24-13-22-12-23-24)18(21)8-6-17(7-9-18)26-16-4-2-15(20)3-5-16/h2-8,12-14H,9-11H2,1H3. The van der Waals surface area contributed by atoms with Crippen LogP contribution in [0, 0.1) is 0 Å². The maximum Gasteiger partial charge on any atom is 0.212 e. The van der Waals surface area contributed by atoms with Crippen molar-refractivity contribution in [2.45, 2.75) is 36.7 Å². The Morgan fingerprint density at radius 1 is 1.33 bits per heavy atom. The lowest BCUT2D eigenvalue weighted by Gasteiger charge is -2.41. The summed E-state index contributed by atoms with van der Waals surface area (Å²) in [5.74, 6) is 0.368. The number of alkyl halides is 1. The van der Waals surface area contributed by atoms with Crippen molar-refractivity contribution in [2.75, 3.05) is 6.61 Å². The highest BCUT2D eigenvalue weighted by Gasteiger charge is 2.56. The first-order valence-electron chi connectivity index (χ1n) is 8.64. The van der Waals surface area contributed by atoms with E-state index >= 15 is 0 Å². The molecule has 6 nitrogen and oxygen atoms in total. The van der Waals surface area contributed by atoms with E-state index in [0.29, 0.717) is 36.1 Å². The van der Waals surface area contributed by atoms with Crippen molar-refractivity contribution in [2.24, 2.45) is 0 Å². The Morgan fingerprint density at radius 2 is 2.15 bits per heavy atom. The molecule has 2 aliphatic rings. The number of ether oxygens (including phenoxy) is 3. The molecule has 0 saturated carbocycles. The van der Waals surface area contributed by atoms with Gasteiger partial charge in [-0.05, 0) is 49.8 Å². The summed E-state index contributed by atoms with van der Waals surface area (Å²) < 4.78 is 19.7. The smallest absolute Gasteiger partial charge is 0.212 e. The summed E-state index contributed by atoms with van der Waals surface area (Å²) in [6.07, 6.45) is 9.15. The fourth-order valence-corrected chi connectivity index (χ4v) is 3.63. The Bertz CT molecular complexity index is 854. The van der Waals surface area contributed by atoms with Crippen LogP contribution in [0.3, 0.4) is 0 Å². The van der Waals surface area contributed by atoms with Crippen molar-refractivity contribution in [1.82, 2.24) is 14.8 Å². The molecule has 8 heteroatoms. The molecule has 1 aliphatic heterocycles. The Labute approximate surface area is 167 Å². The largest absolute Gasteiger partial charge is 0.458 e. The Morgan fingerprint density at radius 3 is 2.74 bits per heavy atom. The van der Waals surface area contributed by atoms with Gasteiger partial charge in [0.05, 0.1) is 19.3 Å². The van der Waals surface area contributed by atoms with Crippen LogP contribution in [0.25, 0.3) is 0 Å². The third-order valence-corrected chi connectivity index (χ3v) is 5.39. The van der Waals surface area contributed by atoms with Crippen molar-refractivity contribution in [3.63, 3.8) is 0 Å². The lowest BCUT2D eigenvalue weighted by molar-refractivity contribution is -0.194. The lowest BCUT2D eigenvalue weighted by Crippen LogP contribution is -2.54. The van der Waals surface area contributed by atoms with Gasteiger partial charge in [-0.3, -0.25) is 0 Å². The van der Waals surface area contributed by atoms with Gasteiger partial charge in [0.15, 0.2) is 0 Å². The van der Waals surface area contributed by atoms with Gasteiger partial charge in [-0.15, -0.1) is 11.6 Å². The lowest BCUT2D eigenvalue weighted by atomic mass is 9.89. The van der Waals surface area contributed by atoms with Crippen LogP contribution < -0.4 is 4.74 Å². The number of hydrogen-bond acceptors (Lipinski definition) is 5. The van der Waals surface area contributed by atoms with E-state index in [-0.39, 0.29) is 6.10 Å². The van der Waals surface area contributed by atoms with Crippen LogP contribution >= 0.6 is 23.2 Å². The Balaban J connectivity index is 1.53. The molecule has 142 valence electrons. The summed E-state index contributed by atoms with van der Waals surface area (Å²) in [6.45, 7) is 2.77. The molecule has 2 heterocycles. The van der Waals surface area contributed by atoms with Gasteiger partial charge in [0.2, 0.25) is 5.79 Å². The third kappa shape index (κ3) is 3.75. The molecule has 1 aromatic heterocycles. The SMILES string of the molecule is CC1COC(Cn2cncn2)(C2(Cl)C=CC(Oc3ccc(Cl)cc3)=CC2)O1. The van der Waals surface area contributed by atoms with Gasteiger partial charge in [0.25, 0.3) is 0 Å². The number of nitrogens with zero attached hydrogens (tertiary/aromatic N) is 3. The first-order valence-corrected chi connectivity index (χ1v) is 9.40. The predicted octanol–water partition coefficient (Wildman–Crippen LogP) is 3.96. The minimum absolute atomic E-state index is 0.0618. The molecule has 1 saturated heterocycles. The average Bonchev–Trinajstić information content (AvgIpc) is 3.30. The van der Waals surface area contributed by atoms with E-state index in [0.717, 1.165) is 0 Å². The van der Waals surface area contributed by atoms with Gasteiger partial charge in [0, 0.05) is 5.02 Å². The summed E-state index contributed by atoms with van der Waals surface area (Å²) in [5.41, 5.74) is 0. The highest BCUT2D eigenvalue weighted by molar-refractivity contribution is 6.30. The van der Waals surface area contributed by atoms with Crippen molar-refractivity contribution in [1.29, 1.82) is 0 Å². The molecule has 1 aliphatic carbocycles. The van der Waals surface area contributed by atoms with Crippen molar-refractivity contribution < 1.29 is 14.2 Å². The maximum atomic E-state index is 6.99. The van der Waals surface area contributed by atoms with Crippen molar-refractivity contribution in [3.05, 3.63) is 65.9 Å². The zero-order valence-corrected chi connectivity index (χ0v) is 16.2. The molecule has 3 unspecified atom stereocenters. The van der Waals surface area contributed by atoms with Gasteiger partial charge in [-0.1, -0.05) is 17.7 Å². The quantitative estimate of drug-likeness (QED) is 0.701. The summed E-state index contributed by atoms with van der Waals surface area (Å²) in [4.78, 5) is 3.09. The van der Waals surface area contributed by atoms with Gasteiger partial charge in [-0.25, -0.2) is 9.67 Å². The molecule has 0 radical (unpaired) electrons. The summed E-state index contributed by atoms with van der Waals surface area (Å²) in [7, 11) is 0. The van der Waals surface area contributed by atoms with E-state index in [1.165, 1.54) is 6.33 Å². The van der Waals surface area contributed by atoms with E-state index in [9.17, 15) is 0 Å². The highest BCUT2D eigenvalue weighted by atomic mass is 35.5. The van der Waals surface area contributed by atoms with Crippen LogP contribution in [0.5, 0.6) is 5.75 Å². The first-order chi connectivity index (χ1) is 13.0. The number of rotatable bonds is 5. The monoisotopic (exact) mass is 407 g/mol. The van der Waals surface area contributed by atoms with Crippen molar-refractivity contribution in [3.8, 4) is 5.75 Å². The summed E-state index contributed by atoms with van der Waals surface area (Å²) in [5, 5.41) is 4.83. The fourth-order valence-electron chi connectivity index (χ4n) is 3.20. The van der Waals surface area contributed by atoms with E-state index < -0.39 is 10.7 Å². The second kappa shape index (κ2) is 7.28. The molecule has 1 fully saturated rings. The van der Waals surface area contributed by atoms with E-state index in [4.69, 9.17) is 37.4 Å². The van der Waals surface area contributed by atoms with Crippen LogP contribution in [-0.4, -0.2) is 38.1 Å². The molecular formula is C19H19Cl2N3O3. The molecule has 0 N–H and O–H groups in total. The number of benzene rings is 1. The number of hydrogen-bond donors (Lipinski definition) is 0. The first kappa shape index (κ1) is 18.5. The second-order valence-corrected chi connectivity index (χ2v) is 7.76. The summed E-state index contributed by atoms with van der Waals surface area (Å²) in [6, 6.07) is 7.20. The molecule has 0 spiro atoms. The Kier molecular flexibility index (Phi) is 4.99. The number of aromatic nitrogens is 3. The van der Waals surface area contributed by atoms with Crippen LogP contribution in [0.2, 0.25) is 5.02 Å². The predicted molar refractivity (Wildman–Crippen MR) is 102 cm³/mol. The minimum atomic E-state index is -1.04. The third-order valence-electron chi connectivity index (χ3n) is 4.57. The number of allylic oxidation sites excluding steroid dienone is 2. The molecule has 1 aromatic carbocycles. The number of halogens is 2. The van der Waals surface area contributed by atoms with Crippen molar-refractivity contribution >= 4 is 23.2 Å². The second-order valence-electron chi connectivity index (χ2n) is 6.65. The highest BCUT2D eigenvalue weighted by Crippen LogP contribution is 2.45. The molecule has 0 bridgehead atoms. The zero-order chi connectivity index (χ0) is 18.9. The van der Waals surface area contributed by atoms with E-state index in [2.05, 4.69) is 10.1 Å². The Hall–Kier alpha value is -1.86. The van der Waals surface area contributed by atoms with Gasteiger partial charge in [0.1, 0.15) is 29.0 Å². The van der Waals surface area contributed by atoms with Crippen LogP contribution in [0.15, 0.2) is 60.9 Å². The van der Waals surface area contributed by atoms with Gasteiger partial charge in [-0.2, -0.15) is 5.10 Å². The van der Waals surface area contributed by atoms with Crippen LogP contribution in [-0.2, 0) is 16.0 Å². The van der Waals surface area contributed by atoms with E-state index in [1.807, 2.05) is 37.3 Å². The van der Waals surface area contributed by atoms with E-state index in [1.54, 1.807) is 23.1 Å². The topological polar surface area (TPSA) is 58.4 Å². The van der Waals surface area contributed by atoms with Gasteiger partial charge >= 0.3 is 0 Å². The minimum Gasteiger partial charge on any atom is -0.458 e. The van der Waals surface area contributed by atoms with Crippen LogP contribution in [0.1, 0.15) is 13.3 Å². The molecular weight excluding hydrogens is 389 g/mol. The molecule has 4 rings (SSSR count).